The molecule has 6 nitrogen and oxygen atoms in total. The molecule has 0 aliphatic heterocycles. The molecule has 0 aromatic heterocycles. The average Bonchev–Trinajstić information content (AvgIpc) is 2.36. The van der Waals surface area contributed by atoms with Gasteiger partial charge in [-0.1, -0.05) is 0 Å². The van der Waals surface area contributed by atoms with Gasteiger partial charge in [0.15, 0.2) is 0 Å². The number of carbonyl (C=O) groups excluding carboxylic acids is 3. The van der Waals surface area contributed by atoms with Crippen molar-refractivity contribution in [1.82, 2.24) is 0 Å². The first kappa shape index (κ1) is 16.7. The molecule has 0 saturated carbocycles. The van der Waals surface area contributed by atoms with Crippen molar-refractivity contribution in [3.05, 3.63) is 0 Å². The van der Waals surface area contributed by atoms with Crippen molar-refractivity contribution in [2.24, 2.45) is 5.92 Å². The van der Waals surface area contributed by atoms with E-state index >= 15 is 0 Å². The minimum Gasteiger partial charge on any atom is -0.468 e. The third kappa shape index (κ3) is 4.19. The summed E-state index contributed by atoms with van der Waals surface area (Å²) < 4.78 is 14.5. The topological polar surface area (TPSA) is 78.9 Å². The number of esters is 1. The molecule has 0 N–H and O–H groups in total. The van der Waals surface area contributed by atoms with Gasteiger partial charge in [-0.3, -0.25) is 9.59 Å². The van der Waals surface area contributed by atoms with Crippen LogP contribution in [0.2, 0.25) is 0 Å². The van der Waals surface area contributed by atoms with Crippen molar-refractivity contribution in [1.29, 1.82) is 0 Å². The van der Waals surface area contributed by atoms with Gasteiger partial charge < -0.3 is 19.0 Å². The predicted octanol–water partition coefficient (Wildman–Crippen LogP) is 0.723. The summed E-state index contributed by atoms with van der Waals surface area (Å²) in [5.74, 6) is -3.94. The van der Waals surface area contributed by atoms with Crippen LogP contribution in [0.1, 0.15) is 26.7 Å². The predicted molar refractivity (Wildman–Crippen MR) is 62.9 cm³/mol. The zero-order valence-electron chi connectivity index (χ0n) is 11.4. The molecule has 0 amide bonds. The highest BCUT2D eigenvalue weighted by Gasteiger charge is 2.42. The van der Waals surface area contributed by atoms with Gasteiger partial charge in [-0.15, -0.1) is 0 Å². The lowest BCUT2D eigenvalue weighted by Gasteiger charge is -2.27. The Kier molecular flexibility index (Phi) is 6.72. The number of ketones is 2. The lowest BCUT2D eigenvalue weighted by Crippen LogP contribution is -2.46. The van der Waals surface area contributed by atoms with E-state index in [2.05, 4.69) is 4.74 Å². The molecule has 104 valence electrons. The van der Waals surface area contributed by atoms with E-state index < -0.39 is 23.5 Å². The number of rotatable bonds is 8. The second-order valence-electron chi connectivity index (χ2n) is 4.03. The molecule has 0 aromatic rings. The van der Waals surface area contributed by atoms with E-state index in [4.69, 9.17) is 9.47 Å². The largest absolute Gasteiger partial charge is 0.468 e. The molecule has 0 radical (unpaired) electrons. The summed E-state index contributed by atoms with van der Waals surface area (Å²) in [5, 5.41) is 0. The van der Waals surface area contributed by atoms with E-state index in [1.165, 1.54) is 35.2 Å². The summed E-state index contributed by atoms with van der Waals surface area (Å²) in [4.78, 5) is 34.7. The minimum atomic E-state index is -1.52. The summed E-state index contributed by atoms with van der Waals surface area (Å²) in [6, 6.07) is 0. The highest BCUT2D eigenvalue weighted by atomic mass is 16.7. The molecular weight excluding hydrogens is 240 g/mol. The maximum Gasteiger partial charge on any atom is 0.316 e. The molecule has 0 heterocycles. The van der Waals surface area contributed by atoms with Crippen LogP contribution in [0.3, 0.4) is 0 Å². The van der Waals surface area contributed by atoms with Crippen molar-refractivity contribution >= 4 is 17.5 Å². The SMILES string of the molecule is COC(=O)C(CCC(C)=O)C(=O)C(C)(OC)OC. The lowest BCUT2D eigenvalue weighted by molar-refractivity contribution is -0.204. The standard InChI is InChI=1S/C12H20O6/c1-8(13)6-7-9(11(15)16-3)10(14)12(2,17-4)18-5/h9H,6-7H2,1-5H3. The van der Waals surface area contributed by atoms with Crippen molar-refractivity contribution in [3.63, 3.8) is 0 Å². The Bertz CT molecular complexity index is 319. The fraction of sp³-hybridized carbons (Fsp3) is 0.750. The average molecular weight is 260 g/mol. The molecular formula is C12H20O6. The van der Waals surface area contributed by atoms with Crippen LogP contribution in [0.15, 0.2) is 0 Å². The van der Waals surface area contributed by atoms with Gasteiger partial charge in [0, 0.05) is 20.6 Å². The van der Waals surface area contributed by atoms with Crippen molar-refractivity contribution in [2.75, 3.05) is 21.3 Å². The maximum atomic E-state index is 12.2. The second-order valence-corrected chi connectivity index (χ2v) is 4.03. The summed E-state index contributed by atoms with van der Waals surface area (Å²) in [6.07, 6.45) is 0.207. The number of Topliss-reactive ketones (excluding diaryl/α,β-unsaturated/α-hetero) is 2. The first-order chi connectivity index (χ1) is 8.32. The minimum absolute atomic E-state index is 0.0865. The first-order valence-corrected chi connectivity index (χ1v) is 5.54. The Labute approximate surface area is 107 Å². The second kappa shape index (κ2) is 7.23. The molecule has 0 aliphatic carbocycles. The Morgan fingerprint density at radius 3 is 1.94 bits per heavy atom. The normalized spacial score (nSPS) is 12.9. The van der Waals surface area contributed by atoms with E-state index in [0.29, 0.717) is 0 Å². The van der Waals surface area contributed by atoms with Crippen molar-refractivity contribution < 1.29 is 28.6 Å². The Hall–Kier alpha value is -1.27. The maximum absolute atomic E-state index is 12.2. The van der Waals surface area contributed by atoms with Gasteiger partial charge in [0.1, 0.15) is 11.7 Å². The van der Waals surface area contributed by atoms with Crippen LogP contribution >= 0.6 is 0 Å². The highest BCUT2D eigenvalue weighted by Crippen LogP contribution is 2.22. The van der Waals surface area contributed by atoms with Crippen LogP contribution < -0.4 is 0 Å². The zero-order valence-corrected chi connectivity index (χ0v) is 11.4. The smallest absolute Gasteiger partial charge is 0.316 e. The van der Waals surface area contributed by atoms with Crippen molar-refractivity contribution in [2.45, 2.75) is 32.5 Å². The Morgan fingerprint density at radius 2 is 1.61 bits per heavy atom. The molecule has 0 rings (SSSR count). The number of ether oxygens (including phenoxy) is 3. The molecule has 0 saturated heterocycles. The van der Waals surface area contributed by atoms with Crippen LogP contribution in [-0.2, 0) is 28.6 Å². The van der Waals surface area contributed by atoms with Gasteiger partial charge in [0.05, 0.1) is 7.11 Å². The Balaban J connectivity index is 5.01. The molecule has 0 spiro atoms. The van der Waals surface area contributed by atoms with E-state index in [1.807, 2.05) is 0 Å². The first-order valence-electron chi connectivity index (χ1n) is 5.54. The van der Waals surface area contributed by atoms with E-state index in [1.54, 1.807) is 0 Å². The van der Waals surface area contributed by atoms with Gasteiger partial charge in [0.2, 0.25) is 11.6 Å². The third-order valence-corrected chi connectivity index (χ3v) is 2.81. The van der Waals surface area contributed by atoms with Crippen LogP contribution in [0.5, 0.6) is 0 Å². The molecule has 0 bridgehead atoms. The van der Waals surface area contributed by atoms with Crippen molar-refractivity contribution in [3.8, 4) is 0 Å². The monoisotopic (exact) mass is 260 g/mol. The molecule has 0 aliphatic rings. The van der Waals surface area contributed by atoms with Gasteiger partial charge in [-0.05, 0) is 20.3 Å². The summed E-state index contributed by atoms with van der Waals surface area (Å²) in [7, 11) is 3.80. The molecule has 1 atom stereocenters. The van der Waals surface area contributed by atoms with Gasteiger partial charge in [-0.25, -0.2) is 0 Å². The zero-order chi connectivity index (χ0) is 14.3. The Morgan fingerprint density at radius 1 is 1.11 bits per heavy atom. The summed E-state index contributed by atoms with van der Waals surface area (Å²) in [5.41, 5.74) is 0. The molecule has 6 heteroatoms. The summed E-state index contributed by atoms with van der Waals surface area (Å²) >= 11 is 0. The number of carbonyl (C=O) groups is 3. The van der Waals surface area contributed by atoms with Crippen LogP contribution in [0.25, 0.3) is 0 Å². The van der Waals surface area contributed by atoms with Crippen LogP contribution in [0.4, 0.5) is 0 Å². The van der Waals surface area contributed by atoms with Crippen LogP contribution in [-0.4, -0.2) is 44.7 Å². The number of hydrogen-bond acceptors (Lipinski definition) is 6. The van der Waals surface area contributed by atoms with Gasteiger partial charge in [-0.2, -0.15) is 0 Å². The van der Waals surface area contributed by atoms with Gasteiger partial charge in [0.25, 0.3) is 0 Å². The van der Waals surface area contributed by atoms with Gasteiger partial charge >= 0.3 is 5.97 Å². The molecule has 1 unspecified atom stereocenters. The number of hydrogen-bond donors (Lipinski definition) is 0. The highest BCUT2D eigenvalue weighted by molar-refractivity contribution is 6.02. The fourth-order valence-electron chi connectivity index (χ4n) is 1.45. The number of methoxy groups -OCH3 is 3. The molecule has 0 aromatic carbocycles. The fourth-order valence-corrected chi connectivity index (χ4v) is 1.45. The van der Waals surface area contributed by atoms with Crippen LogP contribution in [0, 0.1) is 5.92 Å². The molecule has 0 fully saturated rings. The quantitative estimate of drug-likeness (QED) is 0.363. The van der Waals surface area contributed by atoms with E-state index in [0.717, 1.165) is 0 Å². The summed E-state index contributed by atoms with van der Waals surface area (Å²) in [6.45, 7) is 2.81. The lowest BCUT2D eigenvalue weighted by atomic mass is 9.92. The van der Waals surface area contributed by atoms with E-state index in [9.17, 15) is 14.4 Å². The van der Waals surface area contributed by atoms with E-state index in [-0.39, 0.29) is 18.6 Å². The molecule has 18 heavy (non-hydrogen) atoms. The third-order valence-electron chi connectivity index (χ3n) is 2.81.